The average Bonchev–Trinajstić information content (AvgIpc) is 3.19. The number of anilines is 1. The van der Waals surface area contributed by atoms with E-state index in [1.807, 2.05) is 13.0 Å². The Labute approximate surface area is 198 Å². The summed E-state index contributed by atoms with van der Waals surface area (Å²) in [5, 5.41) is 7.08. The number of benzene rings is 1. The second kappa shape index (κ2) is 12.2. The van der Waals surface area contributed by atoms with Crippen molar-refractivity contribution in [3.8, 4) is 0 Å². The molecule has 1 aromatic carbocycles. The zero-order valence-corrected chi connectivity index (χ0v) is 20.0. The van der Waals surface area contributed by atoms with E-state index in [2.05, 4.69) is 20.5 Å². The van der Waals surface area contributed by atoms with Gasteiger partial charge in [0.1, 0.15) is 5.15 Å². The number of aliphatic imine (C=N–C) groups is 1. The molecule has 0 bridgehead atoms. The lowest BCUT2D eigenvalue weighted by atomic mass is 10.1. The maximum Gasteiger partial charge on any atom is 0.191 e. The SMILES string of the molecule is CCNC(=NCC1CCN(c2ccc(F)c(F)c2)C1)NCCc1ccc(Cl)nc1.I. The van der Waals surface area contributed by atoms with E-state index in [0.717, 1.165) is 56.2 Å². The summed E-state index contributed by atoms with van der Waals surface area (Å²) in [6.07, 6.45) is 3.57. The number of halogens is 4. The smallest absolute Gasteiger partial charge is 0.191 e. The van der Waals surface area contributed by atoms with Gasteiger partial charge < -0.3 is 15.5 Å². The zero-order chi connectivity index (χ0) is 20.6. The number of hydrogen-bond acceptors (Lipinski definition) is 3. The van der Waals surface area contributed by atoms with Crippen LogP contribution < -0.4 is 15.5 Å². The van der Waals surface area contributed by atoms with Crippen LogP contribution in [0.1, 0.15) is 18.9 Å². The summed E-state index contributed by atoms with van der Waals surface area (Å²) in [5.41, 5.74) is 1.83. The van der Waals surface area contributed by atoms with Gasteiger partial charge in [0.2, 0.25) is 0 Å². The third-order valence-corrected chi connectivity index (χ3v) is 5.12. The molecule has 2 aromatic rings. The highest BCUT2D eigenvalue weighted by molar-refractivity contribution is 14.0. The van der Waals surface area contributed by atoms with Gasteiger partial charge in [0.15, 0.2) is 17.6 Å². The van der Waals surface area contributed by atoms with E-state index >= 15 is 0 Å². The molecule has 1 fully saturated rings. The van der Waals surface area contributed by atoms with E-state index < -0.39 is 11.6 Å². The van der Waals surface area contributed by atoms with Gasteiger partial charge >= 0.3 is 0 Å². The minimum absolute atomic E-state index is 0. The molecule has 30 heavy (non-hydrogen) atoms. The van der Waals surface area contributed by atoms with Crippen molar-refractivity contribution in [1.82, 2.24) is 15.6 Å². The Morgan fingerprint density at radius 1 is 1.23 bits per heavy atom. The molecule has 0 spiro atoms. The van der Waals surface area contributed by atoms with Gasteiger partial charge in [-0.2, -0.15) is 0 Å². The van der Waals surface area contributed by atoms with Gasteiger partial charge in [-0.15, -0.1) is 24.0 Å². The molecule has 9 heteroatoms. The van der Waals surface area contributed by atoms with Gasteiger partial charge in [-0.3, -0.25) is 4.99 Å². The Balaban J connectivity index is 0.00000320. The van der Waals surface area contributed by atoms with Crippen molar-refractivity contribution in [2.24, 2.45) is 10.9 Å². The molecule has 1 aliphatic heterocycles. The standard InChI is InChI=1S/C21H26ClF2N5.HI/c1-2-25-21(26-9-7-15-3-6-20(22)27-12-15)28-13-16-8-10-29(14-16)17-4-5-18(23)19(24)11-17;/h3-6,11-12,16H,2,7-10,13-14H2,1H3,(H2,25,26,28);1H. The van der Waals surface area contributed by atoms with Crippen LogP contribution in [0.15, 0.2) is 41.5 Å². The molecule has 1 aromatic heterocycles. The van der Waals surface area contributed by atoms with Crippen LogP contribution >= 0.6 is 35.6 Å². The second-order valence-electron chi connectivity index (χ2n) is 7.08. The Morgan fingerprint density at radius 2 is 2.07 bits per heavy atom. The summed E-state index contributed by atoms with van der Waals surface area (Å²) in [6, 6.07) is 7.82. The Kier molecular flexibility index (Phi) is 10.0. The molecule has 5 nitrogen and oxygen atoms in total. The highest BCUT2D eigenvalue weighted by atomic mass is 127. The van der Waals surface area contributed by atoms with Crippen molar-refractivity contribution in [3.05, 3.63) is 58.9 Å². The van der Waals surface area contributed by atoms with E-state index in [1.54, 1.807) is 18.3 Å². The first-order valence-corrected chi connectivity index (χ1v) is 10.3. The second-order valence-corrected chi connectivity index (χ2v) is 7.47. The monoisotopic (exact) mass is 549 g/mol. The van der Waals surface area contributed by atoms with Crippen molar-refractivity contribution in [2.75, 3.05) is 37.6 Å². The molecule has 3 rings (SSSR count). The van der Waals surface area contributed by atoms with Crippen LogP contribution in [0.3, 0.4) is 0 Å². The number of nitrogens with zero attached hydrogens (tertiary/aromatic N) is 3. The molecule has 164 valence electrons. The largest absolute Gasteiger partial charge is 0.371 e. The lowest BCUT2D eigenvalue weighted by Crippen LogP contribution is -2.38. The lowest BCUT2D eigenvalue weighted by molar-refractivity contribution is 0.508. The van der Waals surface area contributed by atoms with Crippen molar-refractivity contribution in [3.63, 3.8) is 0 Å². The topological polar surface area (TPSA) is 52.6 Å². The van der Waals surface area contributed by atoms with E-state index in [-0.39, 0.29) is 24.0 Å². The number of pyridine rings is 1. The number of hydrogen-bond donors (Lipinski definition) is 2. The van der Waals surface area contributed by atoms with Crippen molar-refractivity contribution >= 4 is 47.2 Å². The summed E-state index contributed by atoms with van der Waals surface area (Å²) < 4.78 is 26.6. The first kappa shape index (κ1) is 24.6. The Bertz CT molecular complexity index is 835. The van der Waals surface area contributed by atoms with Gasteiger partial charge in [-0.25, -0.2) is 13.8 Å². The summed E-state index contributed by atoms with van der Waals surface area (Å²) in [5.74, 6) is -0.469. The van der Waals surface area contributed by atoms with Gasteiger partial charge in [0, 0.05) is 50.7 Å². The van der Waals surface area contributed by atoms with E-state index in [0.29, 0.717) is 17.6 Å². The summed E-state index contributed by atoms with van der Waals surface area (Å²) in [7, 11) is 0. The molecular formula is C21H27ClF2IN5. The first-order valence-electron chi connectivity index (χ1n) is 9.87. The van der Waals surface area contributed by atoms with E-state index in [9.17, 15) is 8.78 Å². The van der Waals surface area contributed by atoms with Crippen molar-refractivity contribution < 1.29 is 8.78 Å². The number of guanidine groups is 1. The molecule has 0 amide bonds. The van der Waals surface area contributed by atoms with Gasteiger partial charge in [0.25, 0.3) is 0 Å². The summed E-state index contributed by atoms with van der Waals surface area (Å²) in [6.45, 7) is 5.82. The molecule has 0 aliphatic carbocycles. The highest BCUT2D eigenvalue weighted by Crippen LogP contribution is 2.25. The highest BCUT2D eigenvalue weighted by Gasteiger charge is 2.23. The van der Waals surface area contributed by atoms with Crippen molar-refractivity contribution in [2.45, 2.75) is 19.8 Å². The maximum absolute atomic E-state index is 13.5. The van der Waals surface area contributed by atoms with Crippen LogP contribution in [-0.4, -0.2) is 43.7 Å². The number of rotatable bonds is 7. The van der Waals surface area contributed by atoms with Crippen LogP contribution in [0.4, 0.5) is 14.5 Å². The molecular weight excluding hydrogens is 523 g/mol. The fourth-order valence-electron chi connectivity index (χ4n) is 3.34. The normalized spacial score (nSPS) is 16.3. The fraction of sp³-hybridized carbons (Fsp3) is 0.429. The predicted molar refractivity (Wildman–Crippen MR) is 129 cm³/mol. The van der Waals surface area contributed by atoms with Gasteiger partial charge in [-0.05, 0) is 49.4 Å². The molecule has 1 saturated heterocycles. The Hall–Kier alpha value is -1.68. The maximum atomic E-state index is 13.5. The lowest BCUT2D eigenvalue weighted by Gasteiger charge is -2.18. The molecule has 1 aliphatic rings. The first-order chi connectivity index (χ1) is 14.0. The minimum atomic E-state index is -0.815. The van der Waals surface area contributed by atoms with Crippen LogP contribution in [0, 0.1) is 17.6 Å². The third kappa shape index (κ3) is 7.23. The summed E-state index contributed by atoms with van der Waals surface area (Å²) in [4.78, 5) is 10.9. The van der Waals surface area contributed by atoms with Crippen LogP contribution in [0.5, 0.6) is 0 Å². The molecule has 0 saturated carbocycles. The minimum Gasteiger partial charge on any atom is -0.371 e. The fourth-order valence-corrected chi connectivity index (χ4v) is 3.45. The molecule has 2 heterocycles. The molecule has 1 unspecified atom stereocenters. The van der Waals surface area contributed by atoms with E-state index in [1.165, 1.54) is 12.1 Å². The zero-order valence-electron chi connectivity index (χ0n) is 16.9. The summed E-state index contributed by atoms with van der Waals surface area (Å²) >= 11 is 5.81. The van der Waals surface area contributed by atoms with Crippen molar-refractivity contribution in [1.29, 1.82) is 0 Å². The predicted octanol–water partition coefficient (Wildman–Crippen LogP) is 4.26. The van der Waals surface area contributed by atoms with Crippen LogP contribution in [0.25, 0.3) is 0 Å². The van der Waals surface area contributed by atoms with Gasteiger partial charge in [-0.1, -0.05) is 17.7 Å². The quantitative estimate of drug-likeness (QED) is 0.235. The average molecular weight is 550 g/mol. The Morgan fingerprint density at radius 3 is 2.77 bits per heavy atom. The molecule has 0 radical (unpaired) electrons. The number of nitrogens with one attached hydrogen (secondary N) is 2. The van der Waals surface area contributed by atoms with Gasteiger partial charge in [0.05, 0.1) is 0 Å². The van der Waals surface area contributed by atoms with Crippen LogP contribution in [0.2, 0.25) is 5.15 Å². The molecule has 1 atom stereocenters. The van der Waals surface area contributed by atoms with E-state index in [4.69, 9.17) is 16.6 Å². The third-order valence-electron chi connectivity index (χ3n) is 4.90. The number of aromatic nitrogens is 1. The van der Waals surface area contributed by atoms with Crippen LogP contribution in [-0.2, 0) is 6.42 Å². The molecule has 2 N–H and O–H groups in total.